The van der Waals surface area contributed by atoms with Gasteiger partial charge < -0.3 is 71.5 Å². The summed E-state index contributed by atoms with van der Waals surface area (Å²) in [7, 11) is 2.00. The van der Waals surface area contributed by atoms with Crippen molar-refractivity contribution in [2.75, 3.05) is 40.4 Å². The smallest absolute Gasteiger partial charge is 0.400 e. The summed E-state index contributed by atoms with van der Waals surface area (Å²) in [5.74, 6) is 0. The first kappa shape index (κ1) is 42.7. The largest absolute Gasteiger partial charge is 3.00 e. The summed E-state index contributed by atoms with van der Waals surface area (Å²) in [6.45, 7) is 3.13. The van der Waals surface area contributed by atoms with Crippen LogP contribution in [0, 0.1) is 85.9 Å². The molecule has 1 radical (unpaired) electrons. The van der Waals surface area contributed by atoms with Gasteiger partial charge in [-0.3, -0.25) is 9.98 Å². The Bertz CT molecular complexity index is 690. The summed E-state index contributed by atoms with van der Waals surface area (Å²) < 4.78 is 0. The van der Waals surface area contributed by atoms with Gasteiger partial charge in [-0.25, -0.2) is 9.97 Å². The van der Waals surface area contributed by atoms with Crippen molar-refractivity contribution in [3.05, 3.63) is 82.4 Å². The molecule has 2 aromatic rings. The Morgan fingerprint density at radius 2 is 1.06 bits per heavy atom. The Morgan fingerprint density at radius 3 is 1.28 bits per heavy atom. The van der Waals surface area contributed by atoms with E-state index in [0.717, 1.165) is 51.8 Å². The first-order valence-corrected chi connectivity index (χ1v) is 8.67. The average Bonchev–Trinajstić information content (AvgIpc) is 3.49. The number of aliphatic hydroxyl groups is 2. The molecular weight excluding hydrogens is 641 g/mol. The zero-order valence-corrected chi connectivity index (χ0v) is 21.1. The second-order valence-electron chi connectivity index (χ2n) is 4.48. The van der Waals surface area contributed by atoms with Crippen LogP contribution < -0.4 is 5.32 Å². The molecule has 2 heterocycles. The summed E-state index contributed by atoms with van der Waals surface area (Å²) >= 11 is 0. The van der Waals surface area contributed by atoms with Crippen LogP contribution in [0.2, 0.25) is 0 Å². The molecule has 0 aliphatic heterocycles. The molecular formula is C14H25GdN10O11. The Balaban J connectivity index is -0.000000157. The third-order valence-corrected chi connectivity index (χ3v) is 2.32. The molecule has 0 spiro atoms. The molecule has 205 valence electrons. The minimum atomic E-state index is -1.75. The number of hydrogen-bond acceptors (Lipinski definition) is 16. The van der Waals surface area contributed by atoms with Crippen molar-refractivity contribution in [1.82, 2.24) is 25.3 Å². The molecule has 21 nitrogen and oxygen atoms in total. The second kappa shape index (κ2) is 36.1. The van der Waals surface area contributed by atoms with Gasteiger partial charge in [0.15, 0.2) is 0 Å². The fourth-order valence-corrected chi connectivity index (χ4v) is 1.41. The third-order valence-electron chi connectivity index (χ3n) is 2.32. The van der Waals surface area contributed by atoms with E-state index in [1.54, 1.807) is 37.5 Å². The minimum Gasteiger partial charge on any atom is -0.400 e. The number of aromatic amines is 2. The molecule has 0 amide bonds. The summed E-state index contributed by atoms with van der Waals surface area (Å²) in [5.41, 5.74) is 1.70. The molecule has 0 saturated carbocycles. The molecule has 0 aromatic carbocycles. The van der Waals surface area contributed by atoms with Crippen LogP contribution >= 0.6 is 0 Å². The van der Waals surface area contributed by atoms with Crippen LogP contribution in [0.1, 0.15) is 11.4 Å². The van der Waals surface area contributed by atoms with Crippen molar-refractivity contribution in [3.63, 3.8) is 0 Å². The Kier molecular flexibility index (Phi) is 42.9. The van der Waals surface area contributed by atoms with Crippen LogP contribution in [0.3, 0.4) is 0 Å². The number of H-pyrrole nitrogens is 2. The quantitative estimate of drug-likeness (QED) is 0.0952. The van der Waals surface area contributed by atoms with Crippen LogP contribution in [0.4, 0.5) is 0 Å². The summed E-state index contributed by atoms with van der Waals surface area (Å²) in [6, 6.07) is 0. The van der Waals surface area contributed by atoms with Gasteiger partial charge in [0.2, 0.25) is 0 Å². The predicted octanol–water partition coefficient (Wildman–Crippen LogP) is -1.24. The van der Waals surface area contributed by atoms with Gasteiger partial charge in [0.1, 0.15) is 0 Å². The van der Waals surface area contributed by atoms with Gasteiger partial charge in [-0.2, -0.15) is 0 Å². The molecule has 36 heavy (non-hydrogen) atoms. The summed E-state index contributed by atoms with van der Waals surface area (Å²) in [6.07, 6.45) is 10.4. The normalized spacial score (nSPS) is 8.56. The van der Waals surface area contributed by atoms with Gasteiger partial charge in [-0.1, -0.05) is 0 Å². The fraction of sp³-hybridized carbons (Fsp3) is 0.429. The van der Waals surface area contributed by atoms with Crippen molar-refractivity contribution >= 4 is 12.4 Å². The van der Waals surface area contributed by atoms with E-state index in [1.165, 1.54) is 0 Å². The zero-order chi connectivity index (χ0) is 27.9. The van der Waals surface area contributed by atoms with E-state index >= 15 is 0 Å². The maximum absolute atomic E-state index is 8.25. The van der Waals surface area contributed by atoms with Gasteiger partial charge in [-0.15, -0.1) is 0 Å². The van der Waals surface area contributed by atoms with Crippen molar-refractivity contribution in [2.24, 2.45) is 9.98 Å². The van der Waals surface area contributed by atoms with Crippen molar-refractivity contribution in [3.8, 4) is 0 Å². The molecule has 0 atom stereocenters. The molecule has 22 heteroatoms. The Hall–Kier alpha value is -3.44. The van der Waals surface area contributed by atoms with E-state index in [1.807, 2.05) is 0 Å². The van der Waals surface area contributed by atoms with Gasteiger partial charge in [0, 0.05) is 52.1 Å². The maximum atomic E-state index is 8.25. The van der Waals surface area contributed by atoms with E-state index in [4.69, 9.17) is 56.2 Å². The Morgan fingerprint density at radius 1 is 0.778 bits per heavy atom. The van der Waals surface area contributed by atoms with Crippen LogP contribution in [-0.2, 0) is 0 Å². The zero-order valence-electron chi connectivity index (χ0n) is 18.8. The number of nitrogens with one attached hydrogen (secondary N) is 3. The molecule has 0 saturated heterocycles. The predicted molar refractivity (Wildman–Crippen MR) is 122 cm³/mol. The number of rotatable bonds is 8. The maximum Gasteiger partial charge on any atom is 3.00 e. The number of imidazole rings is 2. The molecule has 0 aliphatic rings. The first-order chi connectivity index (χ1) is 16.6. The number of hydrogen-bond donors (Lipinski definition) is 5. The van der Waals surface area contributed by atoms with Gasteiger partial charge in [-0.05, 0) is 0 Å². The summed E-state index contributed by atoms with van der Waals surface area (Å²) in [5, 5.41) is 61.5. The van der Waals surface area contributed by atoms with Crippen LogP contribution in [0.15, 0.2) is 35.0 Å². The third kappa shape index (κ3) is 52.5. The second-order valence-corrected chi connectivity index (χ2v) is 4.48. The van der Waals surface area contributed by atoms with Crippen LogP contribution in [-0.4, -0.2) is 98.2 Å². The number of nitrogens with zero attached hydrogens (tertiary/aromatic N) is 7. The summed E-state index contributed by atoms with van der Waals surface area (Å²) in [4.78, 5) is 47.1. The SMILES string of the molecule is C(=NCCNCCN=Cc1c[nH]cn1)c1c[nH]cn1.CO.CO.O=[N+]([O-])[O-].O=[N+]([O-])[O-].O=[N+]([O-])[O-].[Gd+3]. The molecule has 2 rings (SSSR count). The molecule has 0 unspecified atom stereocenters. The Labute approximate surface area is 235 Å². The van der Waals surface area contributed by atoms with Crippen molar-refractivity contribution in [1.29, 1.82) is 0 Å². The average molecular weight is 667 g/mol. The van der Waals surface area contributed by atoms with E-state index in [0.29, 0.717) is 0 Å². The van der Waals surface area contributed by atoms with E-state index in [-0.39, 0.29) is 39.9 Å². The van der Waals surface area contributed by atoms with Crippen molar-refractivity contribution < 1.29 is 65.4 Å². The van der Waals surface area contributed by atoms with Gasteiger partial charge in [0.05, 0.1) is 52.4 Å². The first-order valence-electron chi connectivity index (χ1n) is 8.67. The van der Waals surface area contributed by atoms with Gasteiger partial charge >= 0.3 is 39.9 Å². The molecule has 5 N–H and O–H groups in total. The topological polar surface area (TPSA) is 333 Å². The van der Waals surface area contributed by atoms with Gasteiger partial charge in [0.25, 0.3) is 0 Å². The molecule has 0 bridgehead atoms. The minimum absolute atomic E-state index is 0. The van der Waals surface area contributed by atoms with E-state index < -0.39 is 15.3 Å². The number of aliphatic hydroxyl groups excluding tert-OH is 2. The monoisotopic (exact) mass is 667 g/mol. The number of aromatic nitrogens is 4. The van der Waals surface area contributed by atoms with E-state index in [2.05, 4.69) is 35.2 Å². The number of aliphatic imine (C=N–C) groups is 2. The molecule has 2 aromatic heterocycles. The van der Waals surface area contributed by atoms with Crippen LogP contribution in [0.25, 0.3) is 0 Å². The van der Waals surface area contributed by atoms with Crippen LogP contribution in [0.5, 0.6) is 0 Å². The molecule has 0 aliphatic carbocycles. The molecule has 0 fully saturated rings. The van der Waals surface area contributed by atoms with Crippen molar-refractivity contribution in [2.45, 2.75) is 0 Å². The van der Waals surface area contributed by atoms with E-state index in [9.17, 15) is 0 Å². The standard InChI is InChI=1S/C12H17N7.2CH4O.Gd.3NO3/c1(3-14-5-11-7-16-9-18-11)13-2-4-15-6-12-8-17-10-19-12;2*1-2;;3*2-1(3)4/h5-10,13H,1-4H2,(H,16,18)(H,17,19);2*2H,1H3;;;;/q;;;+3;3*-1. The fourth-order valence-electron chi connectivity index (χ4n) is 1.41.